The van der Waals surface area contributed by atoms with E-state index in [9.17, 15) is 13.2 Å². The van der Waals surface area contributed by atoms with Gasteiger partial charge in [-0.3, -0.25) is 0 Å². The summed E-state index contributed by atoms with van der Waals surface area (Å²) in [4.78, 5) is 0. The number of alkyl halides is 3. The minimum Gasteiger partial charge on any atom is -0.398 e. The smallest absolute Gasteiger partial charge is 0.398 e. The first-order chi connectivity index (χ1) is 6.32. The molecule has 4 N–H and O–H groups in total. The fourth-order valence-corrected chi connectivity index (χ4v) is 1.17. The lowest BCUT2D eigenvalue weighted by Gasteiger charge is -2.17. The second-order valence-corrected chi connectivity index (χ2v) is 3.23. The average molecular weight is 225 g/mol. The topological polar surface area (TPSA) is 52.0 Å². The molecule has 1 aromatic carbocycles. The average Bonchev–Trinajstić information content (AvgIpc) is 2.06. The molecule has 0 radical (unpaired) electrons. The van der Waals surface area contributed by atoms with Crippen LogP contribution in [0.1, 0.15) is 11.6 Å². The van der Waals surface area contributed by atoms with E-state index in [0.29, 0.717) is 0 Å². The van der Waals surface area contributed by atoms with Gasteiger partial charge in [0.2, 0.25) is 0 Å². The van der Waals surface area contributed by atoms with Crippen molar-refractivity contribution >= 4 is 17.3 Å². The molecule has 0 amide bonds. The van der Waals surface area contributed by atoms with Crippen LogP contribution in [-0.4, -0.2) is 6.18 Å². The van der Waals surface area contributed by atoms with Crippen molar-refractivity contribution in [2.24, 2.45) is 5.73 Å². The number of nitrogen functional groups attached to an aromatic ring is 1. The summed E-state index contributed by atoms with van der Waals surface area (Å²) in [5.74, 6) is 0. The van der Waals surface area contributed by atoms with E-state index in [1.165, 1.54) is 12.1 Å². The first kappa shape index (κ1) is 11.1. The van der Waals surface area contributed by atoms with Crippen molar-refractivity contribution in [3.05, 3.63) is 28.8 Å². The zero-order chi connectivity index (χ0) is 10.9. The van der Waals surface area contributed by atoms with Crippen LogP contribution in [0.4, 0.5) is 18.9 Å². The Morgan fingerprint density at radius 3 is 2.36 bits per heavy atom. The maximum Gasteiger partial charge on any atom is 0.407 e. The van der Waals surface area contributed by atoms with Crippen molar-refractivity contribution < 1.29 is 13.2 Å². The molecule has 2 nitrogen and oxygen atoms in total. The molecule has 0 unspecified atom stereocenters. The van der Waals surface area contributed by atoms with Gasteiger partial charge >= 0.3 is 6.18 Å². The summed E-state index contributed by atoms with van der Waals surface area (Å²) in [6, 6.07) is 1.73. The summed E-state index contributed by atoms with van der Waals surface area (Å²) in [6.07, 6.45) is -4.52. The minimum absolute atomic E-state index is 0.0146. The first-order valence-electron chi connectivity index (χ1n) is 3.69. The summed E-state index contributed by atoms with van der Waals surface area (Å²) in [5.41, 5.74) is 10.1. The van der Waals surface area contributed by atoms with Crippen LogP contribution in [0.3, 0.4) is 0 Å². The van der Waals surface area contributed by atoms with Crippen LogP contribution < -0.4 is 11.5 Å². The molecule has 0 heterocycles. The molecule has 0 spiro atoms. The third-order valence-electron chi connectivity index (χ3n) is 1.74. The molecule has 0 aromatic heterocycles. The van der Waals surface area contributed by atoms with Crippen LogP contribution >= 0.6 is 11.6 Å². The van der Waals surface area contributed by atoms with E-state index in [4.69, 9.17) is 23.1 Å². The Hall–Kier alpha value is -0.940. The first-order valence-corrected chi connectivity index (χ1v) is 4.07. The molecular formula is C8H8ClF3N2. The highest BCUT2D eigenvalue weighted by Gasteiger charge is 2.38. The molecule has 0 aliphatic rings. The Bertz CT molecular complexity index is 338. The summed E-state index contributed by atoms with van der Waals surface area (Å²) >= 11 is 5.53. The summed E-state index contributed by atoms with van der Waals surface area (Å²) in [7, 11) is 0. The molecule has 6 heteroatoms. The fraction of sp³-hybridized carbons (Fsp3) is 0.250. The Balaban J connectivity index is 3.12. The van der Waals surface area contributed by atoms with Crippen molar-refractivity contribution in [3.8, 4) is 0 Å². The number of nitrogens with two attached hydrogens (primary N) is 2. The van der Waals surface area contributed by atoms with Gasteiger partial charge in [-0.2, -0.15) is 13.2 Å². The Labute approximate surface area is 83.6 Å². The number of anilines is 1. The van der Waals surface area contributed by atoms with E-state index in [1.807, 2.05) is 0 Å². The van der Waals surface area contributed by atoms with E-state index in [-0.39, 0.29) is 16.3 Å². The van der Waals surface area contributed by atoms with Crippen LogP contribution in [0.15, 0.2) is 18.2 Å². The quantitative estimate of drug-likeness (QED) is 0.720. The summed E-state index contributed by atoms with van der Waals surface area (Å²) < 4.78 is 36.7. The lowest BCUT2D eigenvalue weighted by atomic mass is 10.1. The molecule has 1 aromatic rings. The highest BCUT2D eigenvalue weighted by Crippen LogP contribution is 2.34. The van der Waals surface area contributed by atoms with E-state index in [2.05, 4.69) is 0 Å². The molecule has 14 heavy (non-hydrogen) atoms. The molecule has 0 aliphatic heterocycles. The van der Waals surface area contributed by atoms with Gasteiger partial charge in [0.05, 0.1) is 0 Å². The molecule has 78 valence electrons. The number of hydrogen-bond donors (Lipinski definition) is 2. The molecule has 1 rings (SSSR count). The van der Waals surface area contributed by atoms with E-state index in [0.717, 1.165) is 6.07 Å². The van der Waals surface area contributed by atoms with Gasteiger partial charge in [0.15, 0.2) is 0 Å². The monoisotopic (exact) mass is 224 g/mol. The van der Waals surface area contributed by atoms with Crippen molar-refractivity contribution in [3.63, 3.8) is 0 Å². The zero-order valence-electron chi connectivity index (χ0n) is 6.98. The van der Waals surface area contributed by atoms with E-state index in [1.54, 1.807) is 0 Å². The Kier molecular flexibility index (Phi) is 2.92. The van der Waals surface area contributed by atoms with Gasteiger partial charge in [0, 0.05) is 16.3 Å². The van der Waals surface area contributed by atoms with Crippen molar-refractivity contribution in [1.82, 2.24) is 0 Å². The van der Waals surface area contributed by atoms with Crippen LogP contribution in [0.2, 0.25) is 5.02 Å². The SMILES string of the molecule is Nc1ccc(Cl)cc1[C@H](N)C(F)(F)F. The van der Waals surface area contributed by atoms with Gasteiger partial charge in [-0.1, -0.05) is 11.6 Å². The second-order valence-electron chi connectivity index (χ2n) is 2.79. The largest absolute Gasteiger partial charge is 0.407 e. The third kappa shape index (κ3) is 2.30. The fourth-order valence-electron chi connectivity index (χ4n) is 0.991. The number of benzene rings is 1. The van der Waals surface area contributed by atoms with Gasteiger partial charge in [-0.25, -0.2) is 0 Å². The summed E-state index contributed by atoms with van der Waals surface area (Å²) in [5, 5.41) is 0.175. The van der Waals surface area contributed by atoms with Crippen LogP contribution in [-0.2, 0) is 0 Å². The molecule has 0 saturated heterocycles. The maximum atomic E-state index is 12.2. The maximum absolute atomic E-state index is 12.2. The Morgan fingerprint density at radius 1 is 1.29 bits per heavy atom. The lowest BCUT2D eigenvalue weighted by Crippen LogP contribution is -2.29. The molecular weight excluding hydrogens is 217 g/mol. The highest BCUT2D eigenvalue weighted by molar-refractivity contribution is 6.30. The predicted molar refractivity (Wildman–Crippen MR) is 48.8 cm³/mol. The number of halogens is 4. The Morgan fingerprint density at radius 2 is 1.86 bits per heavy atom. The van der Waals surface area contributed by atoms with Crippen molar-refractivity contribution in [1.29, 1.82) is 0 Å². The molecule has 0 aliphatic carbocycles. The summed E-state index contributed by atoms with van der Waals surface area (Å²) in [6.45, 7) is 0. The van der Waals surface area contributed by atoms with E-state index < -0.39 is 12.2 Å². The normalized spacial score (nSPS) is 14.1. The van der Waals surface area contributed by atoms with Crippen molar-refractivity contribution in [2.75, 3.05) is 5.73 Å². The van der Waals surface area contributed by atoms with E-state index >= 15 is 0 Å². The highest BCUT2D eigenvalue weighted by atomic mass is 35.5. The molecule has 0 fully saturated rings. The molecule has 0 saturated carbocycles. The number of hydrogen-bond acceptors (Lipinski definition) is 2. The van der Waals surface area contributed by atoms with Gasteiger partial charge in [0.1, 0.15) is 6.04 Å². The third-order valence-corrected chi connectivity index (χ3v) is 1.97. The minimum atomic E-state index is -4.52. The number of rotatable bonds is 1. The van der Waals surface area contributed by atoms with Crippen LogP contribution in [0, 0.1) is 0 Å². The lowest BCUT2D eigenvalue weighted by molar-refractivity contribution is -0.149. The van der Waals surface area contributed by atoms with Crippen molar-refractivity contribution in [2.45, 2.75) is 12.2 Å². The van der Waals surface area contributed by atoms with Gasteiger partial charge in [0.25, 0.3) is 0 Å². The van der Waals surface area contributed by atoms with Crippen LogP contribution in [0.25, 0.3) is 0 Å². The second kappa shape index (κ2) is 3.67. The van der Waals surface area contributed by atoms with Gasteiger partial charge in [-0.15, -0.1) is 0 Å². The molecule has 0 bridgehead atoms. The zero-order valence-corrected chi connectivity index (χ0v) is 7.73. The molecule has 1 atom stereocenters. The predicted octanol–water partition coefficient (Wildman–Crippen LogP) is 2.48. The van der Waals surface area contributed by atoms with Crippen LogP contribution in [0.5, 0.6) is 0 Å². The van der Waals surface area contributed by atoms with Gasteiger partial charge < -0.3 is 11.5 Å². The standard InChI is InChI=1S/C8H8ClF3N2/c9-4-1-2-6(13)5(3-4)7(14)8(10,11)12/h1-3,7H,13-14H2/t7-/m0/s1. The van der Waals surface area contributed by atoms with Gasteiger partial charge in [-0.05, 0) is 18.2 Å².